The third kappa shape index (κ3) is 5.67. The van der Waals surface area contributed by atoms with E-state index in [0.717, 1.165) is 12.8 Å². The van der Waals surface area contributed by atoms with E-state index < -0.39 is 5.60 Å². The quantitative estimate of drug-likeness (QED) is 0.460. The lowest BCUT2D eigenvalue weighted by molar-refractivity contribution is 0.0206. The van der Waals surface area contributed by atoms with Crippen LogP contribution in [0, 0.1) is 0 Å². The summed E-state index contributed by atoms with van der Waals surface area (Å²) in [5.41, 5.74) is 0.932. The molecule has 0 spiro atoms. The average Bonchev–Trinajstić information content (AvgIpc) is 3.31. The zero-order valence-corrected chi connectivity index (χ0v) is 21.1. The van der Waals surface area contributed by atoms with Gasteiger partial charge in [0, 0.05) is 33.3 Å². The molecule has 192 valence electrons. The number of fused-ring (bicyclic) bond motifs is 1. The van der Waals surface area contributed by atoms with Crippen LogP contribution >= 0.6 is 0 Å². The lowest BCUT2D eigenvalue weighted by Crippen LogP contribution is -2.47. The van der Waals surface area contributed by atoms with Crippen molar-refractivity contribution in [2.24, 2.45) is 0 Å². The first kappa shape index (κ1) is 25.2. The van der Waals surface area contributed by atoms with E-state index in [1.807, 2.05) is 20.8 Å². The topological polar surface area (TPSA) is 160 Å². The first-order valence-corrected chi connectivity index (χ1v) is 11.7. The minimum atomic E-state index is -0.569. The second-order valence-corrected chi connectivity index (χ2v) is 9.50. The first-order valence-electron chi connectivity index (χ1n) is 11.7. The number of rotatable bonds is 6. The molecule has 1 aliphatic heterocycles. The van der Waals surface area contributed by atoms with Crippen LogP contribution in [0.15, 0.2) is 12.4 Å². The Hall–Kier alpha value is -3.87. The summed E-state index contributed by atoms with van der Waals surface area (Å²) >= 11 is 0. The van der Waals surface area contributed by atoms with Gasteiger partial charge in [0.05, 0.1) is 5.56 Å². The van der Waals surface area contributed by atoms with Gasteiger partial charge in [-0.05, 0) is 39.7 Å². The van der Waals surface area contributed by atoms with Gasteiger partial charge in [-0.3, -0.25) is 9.89 Å². The van der Waals surface area contributed by atoms with Crippen molar-refractivity contribution in [3.8, 4) is 11.5 Å². The fraction of sp³-hybridized carbons (Fsp3) is 0.522. The third-order valence-corrected chi connectivity index (χ3v) is 5.52. The molecule has 1 aliphatic rings. The van der Waals surface area contributed by atoms with Gasteiger partial charge < -0.3 is 25.0 Å². The maximum Gasteiger partial charge on any atom is 0.410 e. The third-order valence-electron chi connectivity index (χ3n) is 5.52. The fourth-order valence-electron chi connectivity index (χ4n) is 3.96. The zero-order chi connectivity index (χ0) is 25.9. The van der Waals surface area contributed by atoms with Crippen molar-refractivity contribution in [1.82, 2.24) is 40.3 Å². The normalized spacial score (nSPS) is 16.1. The molecule has 4 rings (SSSR count). The Morgan fingerprint density at radius 3 is 2.75 bits per heavy atom. The summed E-state index contributed by atoms with van der Waals surface area (Å²) < 4.78 is 10.6. The number of carbonyl (C=O) groups excluding carboxylic acids is 2. The highest BCUT2D eigenvalue weighted by Crippen LogP contribution is 2.27. The van der Waals surface area contributed by atoms with Gasteiger partial charge in [0.15, 0.2) is 17.5 Å². The summed E-state index contributed by atoms with van der Waals surface area (Å²) in [5, 5.41) is 13.1. The van der Waals surface area contributed by atoms with Gasteiger partial charge in [-0.15, -0.1) is 0 Å². The number of hydrogen-bond donors (Lipinski definition) is 3. The van der Waals surface area contributed by atoms with Crippen molar-refractivity contribution < 1.29 is 19.1 Å². The molecule has 2 amide bonds. The number of likely N-dealkylation sites (tertiary alicyclic amines) is 1. The predicted octanol–water partition coefficient (Wildman–Crippen LogP) is 2.13. The van der Waals surface area contributed by atoms with E-state index in [9.17, 15) is 9.59 Å². The Kier molecular flexibility index (Phi) is 7.29. The van der Waals surface area contributed by atoms with Crippen molar-refractivity contribution in [2.45, 2.75) is 51.9 Å². The lowest BCUT2D eigenvalue weighted by atomic mass is 10.1. The molecule has 13 nitrogen and oxygen atoms in total. The van der Waals surface area contributed by atoms with Gasteiger partial charge in [0.25, 0.3) is 5.91 Å². The van der Waals surface area contributed by atoms with Crippen molar-refractivity contribution in [3.63, 3.8) is 0 Å². The molecule has 0 aliphatic carbocycles. The number of nitrogens with one attached hydrogen (secondary N) is 3. The highest BCUT2D eigenvalue weighted by Gasteiger charge is 2.28. The number of H-pyrrole nitrogens is 1. The molecule has 0 unspecified atom stereocenters. The molecule has 1 saturated heterocycles. The van der Waals surface area contributed by atoms with Crippen LogP contribution in [0.3, 0.4) is 0 Å². The molecule has 1 fully saturated rings. The number of piperidine rings is 1. The second-order valence-electron chi connectivity index (χ2n) is 9.50. The number of pyridine rings is 1. The van der Waals surface area contributed by atoms with Crippen LogP contribution in [-0.4, -0.2) is 85.9 Å². The van der Waals surface area contributed by atoms with Crippen LogP contribution in [0.1, 0.15) is 49.8 Å². The number of carbonyl (C=O) groups is 2. The molecule has 0 saturated carbocycles. The molecule has 4 heterocycles. The van der Waals surface area contributed by atoms with Crippen molar-refractivity contribution >= 4 is 28.9 Å². The minimum Gasteiger partial charge on any atom is -0.444 e. The van der Waals surface area contributed by atoms with Crippen molar-refractivity contribution in [3.05, 3.63) is 23.8 Å². The summed E-state index contributed by atoms with van der Waals surface area (Å²) in [6.07, 6.45) is 2.67. The monoisotopic (exact) mass is 497 g/mol. The lowest BCUT2D eigenvalue weighted by Gasteiger charge is -2.34. The highest BCUT2D eigenvalue weighted by molar-refractivity contribution is 6.07. The predicted molar refractivity (Wildman–Crippen MR) is 131 cm³/mol. The number of aromatic amines is 1. The number of anilines is 1. The van der Waals surface area contributed by atoms with E-state index in [4.69, 9.17) is 14.5 Å². The number of methoxy groups -OCH3 is 1. The van der Waals surface area contributed by atoms with Gasteiger partial charge in [0.1, 0.15) is 35.3 Å². The van der Waals surface area contributed by atoms with Crippen LogP contribution in [0.4, 0.5) is 10.6 Å². The van der Waals surface area contributed by atoms with Crippen LogP contribution in [0.5, 0.6) is 0 Å². The van der Waals surface area contributed by atoms with Crippen molar-refractivity contribution in [1.29, 1.82) is 0 Å². The summed E-state index contributed by atoms with van der Waals surface area (Å²) in [5.74, 6) is 0.978. The molecular formula is C23H31N9O4. The molecule has 0 aromatic carbocycles. The molecule has 13 heteroatoms. The molecule has 3 aromatic rings. The summed E-state index contributed by atoms with van der Waals surface area (Å²) in [7, 11) is 3.11. The van der Waals surface area contributed by atoms with Gasteiger partial charge in [-0.2, -0.15) is 5.10 Å². The first-order chi connectivity index (χ1) is 17.2. The Morgan fingerprint density at radius 1 is 1.22 bits per heavy atom. The van der Waals surface area contributed by atoms with Gasteiger partial charge in [0.2, 0.25) is 0 Å². The van der Waals surface area contributed by atoms with Gasteiger partial charge >= 0.3 is 6.09 Å². The van der Waals surface area contributed by atoms with Crippen LogP contribution in [0.25, 0.3) is 22.6 Å². The Labute approximate surface area is 208 Å². The van der Waals surface area contributed by atoms with E-state index >= 15 is 0 Å². The molecule has 3 aromatic heterocycles. The van der Waals surface area contributed by atoms with Crippen LogP contribution in [0.2, 0.25) is 0 Å². The second kappa shape index (κ2) is 10.4. The van der Waals surface area contributed by atoms with E-state index in [2.05, 4.69) is 35.8 Å². The summed E-state index contributed by atoms with van der Waals surface area (Å²) in [6, 6.07) is 1.51. The van der Waals surface area contributed by atoms with Crippen LogP contribution < -0.4 is 10.6 Å². The Balaban J connectivity index is 1.67. The number of ether oxygens (including phenoxy) is 2. The maximum atomic E-state index is 12.7. The number of aromatic nitrogens is 6. The van der Waals surface area contributed by atoms with Gasteiger partial charge in [-0.1, -0.05) is 0 Å². The smallest absolute Gasteiger partial charge is 0.410 e. The van der Waals surface area contributed by atoms with E-state index in [1.54, 1.807) is 25.1 Å². The maximum absolute atomic E-state index is 12.7. The highest BCUT2D eigenvalue weighted by atomic mass is 16.6. The Morgan fingerprint density at radius 2 is 2.03 bits per heavy atom. The summed E-state index contributed by atoms with van der Waals surface area (Å²) in [6.45, 7) is 6.86. The Bertz CT molecular complexity index is 1250. The molecule has 1 atom stereocenters. The number of amides is 2. The standard InChI is InChI=1S/C23H31N9O4/c1-23(2,3)36-22(34)32-8-6-7-13(10-32)27-20-18-17(25-12-26-20)14(21(33)24-4)9-15(28-18)19-29-16(11-35-5)30-31-19/h9,12-13H,6-8,10-11H2,1-5H3,(H,24,33)(H,25,26,27)(H,29,30,31)/t13-/m0/s1. The number of hydrogen-bond acceptors (Lipinski definition) is 10. The fourth-order valence-corrected chi connectivity index (χ4v) is 3.96. The van der Waals surface area contributed by atoms with Gasteiger partial charge in [-0.25, -0.2) is 24.7 Å². The SMILES string of the molecule is CNC(=O)c1cc(-c2n[nH]c(COC)n2)nc2c(N[C@H]3CCCN(C(=O)OC(C)(C)C)C3)ncnc12. The van der Waals surface area contributed by atoms with E-state index in [0.29, 0.717) is 52.8 Å². The van der Waals surface area contributed by atoms with Crippen LogP contribution in [-0.2, 0) is 16.1 Å². The minimum absolute atomic E-state index is 0.0879. The average molecular weight is 498 g/mol. The zero-order valence-electron chi connectivity index (χ0n) is 21.1. The van der Waals surface area contributed by atoms with E-state index in [-0.39, 0.29) is 24.6 Å². The molecule has 0 radical (unpaired) electrons. The van der Waals surface area contributed by atoms with Crippen molar-refractivity contribution in [2.75, 3.05) is 32.6 Å². The number of nitrogens with zero attached hydrogens (tertiary/aromatic N) is 6. The molecule has 36 heavy (non-hydrogen) atoms. The summed E-state index contributed by atoms with van der Waals surface area (Å²) in [4.78, 5) is 44.8. The molecule has 0 bridgehead atoms. The largest absolute Gasteiger partial charge is 0.444 e. The molecule has 3 N–H and O–H groups in total. The van der Waals surface area contributed by atoms with E-state index in [1.165, 1.54) is 6.33 Å². The molecular weight excluding hydrogens is 466 g/mol.